The number of hydrogen-bond acceptors (Lipinski definition) is 7. The molecular formula is C39H61NO6. The number of carbonyl (C=O) groups excluding carboxylic acids is 2. The van der Waals surface area contributed by atoms with Crippen molar-refractivity contribution in [1.29, 1.82) is 0 Å². The summed E-state index contributed by atoms with van der Waals surface area (Å²) in [5.74, 6) is 2.00. The lowest BCUT2D eigenvalue weighted by Crippen LogP contribution is -2.67. The molecule has 7 nitrogen and oxygen atoms in total. The van der Waals surface area contributed by atoms with E-state index in [-0.39, 0.29) is 40.5 Å². The number of allylic oxidation sites excluding steroid dienone is 1. The van der Waals surface area contributed by atoms with Gasteiger partial charge in [-0.15, -0.1) is 0 Å². The van der Waals surface area contributed by atoms with Gasteiger partial charge in [0.05, 0.1) is 12.3 Å². The summed E-state index contributed by atoms with van der Waals surface area (Å²) in [5, 5.41) is 4.40. The quantitative estimate of drug-likeness (QED) is 0.120. The Kier molecular flexibility index (Phi) is 9.13. The predicted molar refractivity (Wildman–Crippen MR) is 179 cm³/mol. The van der Waals surface area contributed by atoms with Gasteiger partial charge in [0.25, 0.3) is 0 Å². The number of ether oxygens (including phenoxy) is 3. The van der Waals surface area contributed by atoms with Gasteiger partial charge in [0, 0.05) is 25.9 Å². The van der Waals surface area contributed by atoms with E-state index in [2.05, 4.69) is 46.4 Å². The van der Waals surface area contributed by atoms with Crippen molar-refractivity contribution < 1.29 is 28.6 Å². The van der Waals surface area contributed by atoms with Crippen molar-refractivity contribution in [1.82, 2.24) is 0 Å². The Bertz CT molecular complexity index is 1240. The molecule has 6 aliphatic rings. The van der Waals surface area contributed by atoms with E-state index >= 15 is 0 Å². The average Bonchev–Trinajstić information content (AvgIpc) is 3.40. The van der Waals surface area contributed by atoms with Gasteiger partial charge in [0.1, 0.15) is 6.61 Å². The summed E-state index contributed by atoms with van der Waals surface area (Å²) in [5.41, 5.74) is 2.49. The van der Waals surface area contributed by atoms with Crippen LogP contribution in [-0.2, 0) is 28.6 Å². The van der Waals surface area contributed by atoms with Gasteiger partial charge in [-0.2, -0.15) is 0 Å². The van der Waals surface area contributed by atoms with Gasteiger partial charge in [-0.25, -0.2) is 4.79 Å². The number of hydrogen-bond donors (Lipinski definition) is 0. The minimum Gasteiger partial charge on any atom is -0.465 e. The molecular weight excluding hydrogens is 578 g/mol. The van der Waals surface area contributed by atoms with Crippen LogP contribution in [0.4, 0.5) is 0 Å². The van der Waals surface area contributed by atoms with E-state index in [1.54, 1.807) is 0 Å². The second kappa shape index (κ2) is 12.3. The molecule has 6 fully saturated rings. The predicted octanol–water partition coefficient (Wildman–Crippen LogP) is 8.65. The van der Waals surface area contributed by atoms with Crippen LogP contribution >= 0.6 is 0 Å². The van der Waals surface area contributed by atoms with Crippen LogP contribution in [0.2, 0.25) is 0 Å². The van der Waals surface area contributed by atoms with Crippen molar-refractivity contribution in [3.8, 4) is 0 Å². The van der Waals surface area contributed by atoms with Gasteiger partial charge in [0.15, 0.2) is 6.29 Å². The van der Waals surface area contributed by atoms with Crippen LogP contribution in [-0.4, -0.2) is 43.8 Å². The fourth-order valence-corrected chi connectivity index (χ4v) is 13.0. The summed E-state index contributed by atoms with van der Waals surface area (Å²) < 4.78 is 18.5. The first kappa shape index (κ1) is 34.1. The van der Waals surface area contributed by atoms with Crippen molar-refractivity contribution in [2.75, 3.05) is 19.8 Å². The highest BCUT2D eigenvalue weighted by molar-refractivity contribution is 5.91. The maximum atomic E-state index is 12.1. The van der Waals surface area contributed by atoms with Crippen molar-refractivity contribution in [3.05, 3.63) is 12.2 Å². The largest absolute Gasteiger partial charge is 0.465 e. The minimum atomic E-state index is -0.468. The zero-order valence-corrected chi connectivity index (χ0v) is 29.9. The summed E-state index contributed by atoms with van der Waals surface area (Å²) in [6, 6.07) is 0. The molecule has 0 bridgehead atoms. The van der Waals surface area contributed by atoms with Gasteiger partial charge in [-0.3, -0.25) is 4.79 Å². The number of fused-ring (bicyclic) bond motifs is 7. The highest BCUT2D eigenvalue weighted by atomic mass is 16.7. The summed E-state index contributed by atoms with van der Waals surface area (Å²) in [6.45, 7) is 21.7. The van der Waals surface area contributed by atoms with Crippen molar-refractivity contribution in [3.63, 3.8) is 0 Å². The molecule has 0 aromatic carbocycles. The molecule has 7 heteroatoms. The first-order chi connectivity index (χ1) is 21.7. The Hall–Kier alpha value is -1.73. The minimum absolute atomic E-state index is 0.0358. The molecule has 5 aliphatic carbocycles. The van der Waals surface area contributed by atoms with Crippen LogP contribution in [0.3, 0.4) is 0 Å². The molecule has 0 radical (unpaired) electrons. The maximum absolute atomic E-state index is 12.1. The third kappa shape index (κ3) is 5.33. The Labute approximate surface area is 278 Å². The van der Waals surface area contributed by atoms with E-state index in [0.29, 0.717) is 29.6 Å². The molecule has 0 aromatic heterocycles. The fourth-order valence-electron chi connectivity index (χ4n) is 13.0. The maximum Gasteiger partial charge on any atom is 0.331 e. The monoisotopic (exact) mass is 639 g/mol. The van der Waals surface area contributed by atoms with Crippen LogP contribution < -0.4 is 0 Å². The van der Waals surface area contributed by atoms with Crippen molar-refractivity contribution >= 4 is 17.7 Å². The van der Waals surface area contributed by atoms with E-state index in [0.717, 1.165) is 57.5 Å². The number of oxime groups is 1. The van der Waals surface area contributed by atoms with Gasteiger partial charge >= 0.3 is 11.9 Å². The second-order valence-electron chi connectivity index (χ2n) is 17.5. The fraction of sp³-hybridized carbons (Fsp3) is 0.872. The topological polar surface area (TPSA) is 83.4 Å². The van der Waals surface area contributed by atoms with Gasteiger partial charge in [-0.1, -0.05) is 45.0 Å². The van der Waals surface area contributed by atoms with E-state index < -0.39 is 11.4 Å². The SMILES string of the molecule is C=C(C)[C@@H]1CC[C@]2(COC3CCCCO3)CC[C@]3(C)[C@H](CC[C@@H]4[C@@]5(C)CC/C(=N/OC(C)=O)C(C)(COC(C)=O)[C@@H]5CC[C@]43C)[C@@H]12. The molecule has 1 saturated heterocycles. The molecule has 258 valence electrons. The molecule has 2 unspecified atom stereocenters. The van der Waals surface area contributed by atoms with Crippen LogP contribution in [0, 0.1) is 56.7 Å². The number of esters is 1. The van der Waals surface area contributed by atoms with Gasteiger partial charge in [-0.05, 0) is 142 Å². The Balaban J connectivity index is 1.31. The molecule has 0 amide bonds. The summed E-state index contributed by atoms with van der Waals surface area (Å²) in [7, 11) is 0. The first-order valence-electron chi connectivity index (χ1n) is 18.5. The van der Waals surface area contributed by atoms with Gasteiger partial charge in [0.2, 0.25) is 0 Å². The normalized spacial score (nSPS) is 47.6. The molecule has 1 heterocycles. The van der Waals surface area contributed by atoms with Crippen LogP contribution in [0.5, 0.6) is 0 Å². The Morgan fingerprint density at radius 2 is 1.63 bits per heavy atom. The number of rotatable bonds is 7. The van der Waals surface area contributed by atoms with Gasteiger partial charge < -0.3 is 19.0 Å². The average molecular weight is 640 g/mol. The standard InChI is InChI=1S/C39H61NO6/c1-25(2)28-14-19-39(24-45-33-11-9-10-22-43-33)21-20-37(7)29(34(28)39)12-13-31-35(5)17-16-32(40-46-27(4)42)36(6,23-44-26(3)41)30(35)15-18-38(31,37)8/h28-31,33-34H,1,9-24H2,2-8H3/b40-32-/t28-,29+,30+,31+,33?,34+,35-,36?,37+,38+,39+/m0/s1. The summed E-state index contributed by atoms with van der Waals surface area (Å²) >= 11 is 0. The van der Waals surface area contributed by atoms with Crippen molar-refractivity contribution in [2.24, 2.45) is 61.8 Å². The molecule has 5 saturated carbocycles. The Morgan fingerprint density at radius 3 is 2.30 bits per heavy atom. The third-order valence-corrected chi connectivity index (χ3v) is 15.4. The van der Waals surface area contributed by atoms with Crippen LogP contribution in [0.25, 0.3) is 0 Å². The molecule has 0 N–H and O–H groups in total. The highest BCUT2D eigenvalue weighted by Crippen LogP contribution is 2.77. The van der Waals surface area contributed by atoms with Crippen LogP contribution in [0.15, 0.2) is 17.3 Å². The lowest BCUT2D eigenvalue weighted by Gasteiger charge is -2.72. The smallest absolute Gasteiger partial charge is 0.331 e. The summed E-state index contributed by atoms with van der Waals surface area (Å²) in [4.78, 5) is 29.1. The first-order valence-corrected chi connectivity index (χ1v) is 18.5. The Morgan fingerprint density at radius 1 is 0.848 bits per heavy atom. The molecule has 46 heavy (non-hydrogen) atoms. The molecule has 0 spiro atoms. The van der Waals surface area contributed by atoms with Crippen LogP contribution in [0.1, 0.15) is 132 Å². The third-order valence-electron chi connectivity index (χ3n) is 15.4. The van der Waals surface area contributed by atoms with E-state index in [1.165, 1.54) is 64.4 Å². The second-order valence-corrected chi connectivity index (χ2v) is 17.5. The molecule has 6 rings (SSSR count). The number of carbonyl (C=O) groups is 2. The molecule has 1 aliphatic heterocycles. The highest BCUT2D eigenvalue weighted by Gasteiger charge is 2.71. The zero-order chi connectivity index (χ0) is 33.1. The number of nitrogens with zero attached hydrogens (tertiary/aromatic N) is 1. The van der Waals surface area contributed by atoms with Crippen molar-refractivity contribution in [2.45, 2.75) is 138 Å². The zero-order valence-electron chi connectivity index (χ0n) is 29.9. The van der Waals surface area contributed by atoms with E-state index in [4.69, 9.17) is 19.0 Å². The molecule has 11 atom stereocenters. The van der Waals surface area contributed by atoms with E-state index in [9.17, 15) is 9.59 Å². The molecule has 0 aromatic rings. The van der Waals surface area contributed by atoms with E-state index in [1.807, 2.05) is 0 Å². The summed E-state index contributed by atoms with van der Waals surface area (Å²) in [6.07, 6.45) is 14.8. The lowest BCUT2D eigenvalue weighted by atomic mass is 9.32. The lowest BCUT2D eigenvalue weighted by molar-refractivity contribution is -0.244.